The first kappa shape index (κ1) is 9.36. The summed E-state index contributed by atoms with van der Waals surface area (Å²) in [4.78, 5) is 10.6. The van der Waals surface area contributed by atoms with E-state index in [1.165, 1.54) is 12.1 Å². The number of benzene rings is 1. The van der Waals surface area contributed by atoms with E-state index >= 15 is 0 Å². The topological polar surface area (TPSA) is 87.1 Å². The first-order valence-corrected chi connectivity index (χ1v) is 3.66. The van der Waals surface area contributed by atoms with E-state index in [-0.39, 0.29) is 21.8 Å². The number of nitrogens with zero attached hydrogens (tertiary/aromatic N) is 1. The summed E-state index contributed by atoms with van der Waals surface area (Å²) in [5.74, 6) is -1.23. The molecule has 13 heavy (non-hydrogen) atoms. The number of anilines is 1. The maximum absolute atomic E-state index is 10.6. The Morgan fingerprint density at radius 2 is 2.23 bits per heavy atom. The maximum atomic E-state index is 10.6. The molecule has 0 saturated heterocycles. The van der Waals surface area contributed by atoms with Crippen LogP contribution in [0.4, 0.5) is 5.69 Å². The van der Waals surface area contributed by atoms with Gasteiger partial charge < -0.3 is 10.8 Å². The van der Waals surface area contributed by atoms with Crippen LogP contribution in [0.5, 0.6) is 0 Å². The molecule has 0 amide bonds. The van der Waals surface area contributed by atoms with Crippen molar-refractivity contribution in [2.24, 2.45) is 0 Å². The Balaban J connectivity index is 3.50. The number of carbonyl (C=O) groups is 1. The summed E-state index contributed by atoms with van der Waals surface area (Å²) in [6.45, 7) is 0. The summed E-state index contributed by atoms with van der Waals surface area (Å²) in [5, 5.41) is 17.3. The van der Waals surface area contributed by atoms with E-state index < -0.39 is 5.97 Å². The van der Waals surface area contributed by atoms with Crippen molar-refractivity contribution in [1.82, 2.24) is 0 Å². The molecule has 0 unspecified atom stereocenters. The summed E-state index contributed by atoms with van der Waals surface area (Å²) in [6, 6.07) is 4.28. The Morgan fingerprint density at radius 3 is 2.69 bits per heavy atom. The predicted octanol–water partition coefficient (Wildman–Crippen LogP) is 1.49. The van der Waals surface area contributed by atoms with Crippen molar-refractivity contribution < 1.29 is 9.90 Å². The van der Waals surface area contributed by atoms with Crippen LogP contribution in [0.25, 0.3) is 0 Å². The van der Waals surface area contributed by atoms with Crippen LogP contribution in [0.1, 0.15) is 15.9 Å². The van der Waals surface area contributed by atoms with Crippen LogP contribution in [0.2, 0.25) is 5.02 Å². The second-order valence-electron chi connectivity index (χ2n) is 2.34. The summed E-state index contributed by atoms with van der Waals surface area (Å²) in [7, 11) is 0. The van der Waals surface area contributed by atoms with Gasteiger partial charge in [0.25, 0.3) is 0 Å². The summed E-state index contributed by atoms with van der Waals surface area (Å²) in [6.07, 6.45) is 0. The third-order valence-electron chi connectivity index (χ3n) is 1.45. The van der Waals surface area contributed by atoms with Crippen molar-refractivity contribution >= 4 is 23.3 Å². The molecule has 0 aromatic heterocycles. The van der Waals surface area contributed by atoms with Crippen LogP contribution in [0.15, 0.2) is 12.1 Å². The van der Waals surface area contributed by atoms with Gasteiger partial charge in [0.1, 0.15) is 6.07 Å². The van der Waals surface area contributed by atoms with E-state index in [9.17, 15) is 4.79 Å². The SMILES string of the molecule is N#Cc1cc(N)cc(Cl)c1C(=O)O. The number of halogens is 1. The van der Waals surface area contributed by atoms with Crippen molar-refractivity contribution in [3.63, 3.8) is 0 Å². The van der Waals surface area contributed by atoms with Crippen LogP contribution < -0.4 is 5.73 Å². The van der Waals surface area contributed by atoms with E-state index in [0.717, 1.165) is 0 Å². The predicted molar refractivity (Wildman–Crippen MR) is 47.5 cm³/mol. The average molecular weight is 197 g/mol. The Bertz CT molecular complexity index is 409. The number of nitrogens with two attached hydrogens (primary N) is 1. The van der Waals surface area contributed by atoms with E-state index in [1.54, 1.807) is 6.07 Å². The molecule has 3 N–H and O–H groups in total. The quantitative estimate of drug-likeness (QED) is 0.667. The van der Waals surface area contributed by atoms with E-state index in [1.807, 2.05) is 0 Å². The minimum atomic E-state index is -1.23. The Labute approximate surface area is 79.2 Å². The van der Waals surface area contributed by atoms with Crippen molar-refractivity contribution in [3.05, 3.63) is 28.3 Å². The second-order valence-corrected chi connectivity index (χ2v) is 2.75. The molecule has 0 aliphatic rings. The minimum absolute atomic E-state index is 0.0240. The third-order valence-corrected chi connectivity index (χ3v) is 1.74. The second kappa shape index (κ2) is 3.33. The smallest absolute Gasteiger partial charge is 0.338 e. The van der Waals surface area contributed by atoms with Crippen LogP contribution in [0, 0.1) is 11.3 Å². The van der Waals surface area contributed by atoms with E-state index in [4.69, 9.17) is 27.7 Å². The number of carboxylic acid groups (broad SMARTS) is 1. The highest BCUT2D eigenvalue weighted by molar-refractivity contribution is 6.34. The molecule has 1 aromatic carbocycles. The molecule has 0 atom stereocenters. The summed E-state index contributed by atoms with van der Waals surface area (Å²) < 4.78 is 0. The molecule has 0 bridgehead atoms. The van der Waals surface area contributed by atoms with Gasteiger partial charge >= 0.3 is 5.97 Å². The number of nitrogen functional groups attached to an aromatic ring is 1. The standard InChI is InChI=1S/C8H5ClN2O2/c9-6-2-5(11)1-4(3-10)7(6)8(12)13/h1-2H,11H2,(H,12,13). The van der Waals surface area contributed by atoms with Gasteiger partial charge in [-0.2, -0.15) is 5.26 Å². The van der Waals surface area contributed by atoms with Gasteiger partial charge in [-0.1, -0.05) is 11.6 Å². The monoisotopic (exact) mass is 196 g/mol. The van der Waals surface area contributed by atoms with Gasteiger partial charge in [-0.15, -0.1) is 0 Å². The van der Waals surface area contributed by atoms with Crippen LogP contribution >= 0.6 is 11.6 Å². The van der Waals surface area contributed by atoms with Crippen LogP contribution in [-0.4, -0.2) is 11.1 Å². The van der Waals surface area contributed by atoms with Crippen LogP contribution in [0.3, 0.4) is 0 Å². The zero-order chi connectivity index (χ0) is 10.0. The Kier molecular flexibility index (Phi) is 2.40. The molecule has 0 saturated carbocycles. The molecule has 0 radical (unpaired) electrons. The van der Waals surface area contributed by atoms with Gasteiger partial charge in [-0.3, -0.25) is 0 Å². The molecule has 66 valence electrons. The largest absolute Gasteiger partial charge is 0.478 e. The van der Waals surface area contributed by atoms with E-state index in [0.29, 0.717) is 0 Å². The lowest BCUT2D eigenvalue weighted by molar-refractivity contribution is 0.0697. The van der Waals surface area contributed by atoms with Gasteiger partial charge in [-0.05, 0) is 12.1 Å². The van der Waals surface area contributed by atoms with Gasteiger partial charge in [-0.25, -0.2) is 4.79 Å². The third kappa shape index (κ3) is 1.71. The number of hydrogen-bond acceptors (Lipinski definition) is 3. The molecule has 0 aliphatic carbocycles. The molecule has 1 aromatic rings. The number of carboxylic acids is 1. The van der Waals surface area contributed by atoms with E-state index in [2.05, 4.69) is 0 Å². The summed E-state index contributed by atoms with van der Waals surface area (Å²) >= 11 is 5.60. The highest BCUT2D eigenvalue weighted by Gasteiger charge is 2.14. The highest BCUT2D eigenvalue weighted by atomic mass is 35.5. The lowest BCUT2D eigenvalue weighted by Gasteiger charge is -2.02. The van der Waals surface area contributed by atoms with Crippen LogP contribution in [-0.2, 0) is 0 Å². The lowest BCUT2D eigenvalue weighted by Crippen LogP contribution is -2.02. The van der Waals surface area contributed by atoms with Crippen molar-refractivity contribution in [3.8, 4) is 6.07 Å². The van der Waals surface area contributed by atoms with Gasteiger partial charge in [0.05, 0.1) is 16.1 Å². The fourth-order valence-electron chi connectivity index (χ4n) is 0.933. The molecule has 0 spiro atoms. The highest BCUT2D eigenvalue weighted by Crippen LogP contribution is 2.23. The average Bonchev–Trinajstić information content (AvgIpc) is 2.01. The van der Waals surface area contributed by atoms with Gasteiger partial charge in [0, 0.05) is 5.69 Å². The molecule has 4 nitrogen and oxygen atoms in total. The number of nitriles is 1. The molecule has 0 heterocycles. The number of aromatic carboxylic acids is 1. The van der Waals surface area contributed by atoms with Crippen molar-refractivity contribution in [2.45, 2.75) is 0 Å². The molecule has 5 heteroatoms. The van der Waals surface area contributed by atoms with Gasteiger partial charge in [0.15, 0.2) is 0 Å². The fraction of sp³-hybridized carbons (Fsp3) is 0. The lowest BCUT2D eigenvalue weighted by atomic mass is 10.1. The molecular weight excluding hydrogens is 192 g/mol. The van der Waals surface area contributed by atoms with Crippen molar-refractivity contribution in [1.29, 1.82) is 5.26 Å². The number of rotatable bonds is 1. The van der Waals surface area contributed by atoms with Gasteiger partial charge in [0.2, 0.25) is 0 Å². The van der Waals surface area contributed by atoms with Crippen molar-refractivity contribution in [2.75, 3.05) is 5.73 Å². The Hall–Kier alpha value is -1.73. The number of hydrogen-bond donors (Lipinski definition) is 2. The zero-order valence-corrected chi connectivity index (χ0v) is 7.17. The normalized spacial score (nSPS) is 9.23. The molecule has 1 rings (SSSR count). The Morgan fingerprint density at radius 1 is 1.62 bits per heavy atom. The maximum Gasteiger partial charge on any atom is 0.338 e. The zero-order valence-electron chi connectivity index (χ0n) is 6.41. The minimum Gasteiger partial charge on any atom is -0.478 e. The summed E-state index contributed by atoms with van der Waals surface area (Å²) in [5.41, 5.74) is 5.41. The first-order valence-electron chi connectivity index (χ1n) is 3.28. The fourth-order valence-corrected chi connectivity index (χ4v) is 1.24. The molecular formula is C8H5ClN2O2. The molecule has 0 aliphatic heterocycles. The molecule has 0 fully saturated rings. The first-order chi connectivity index (χ1) is 6.06.